The molecule has 0 saturated carbocycles. The molecule has 0 spiro atoms. The van der Waals surface area contributed by atoms with Crippen LogP contribution in [0.25, 0.3) is 0 Å². The third-order valence-electron chi connectivity index (χ3n) is 6.58. The summed E-state index contributed by atoms with van der Waals surface area (Å²) in [6.45, 7) is 3.45. The standard InChI is InChI=1S/C28H27N3O3/c1-19-6-4-7-21(16-19)17-29-26(32)22-13-11-20(12-14-22)18-31-24-9-3-2-8-23(24)27(33)30-15-5-10-25(30)28(31)34/h2-4,6-9,11-14,16,25H,5,10,15,17-18H2,1H3,(H,29,32). The lowest BCUT2D eigenvalue weighted by molar-refractivity contribution is -0.122. The molecule has 2 heterocycles. The molecule has 3 aromatic rings. The maximum absolute atomic E-state index is 13.4. The fourth-order valence-corrected chi connectivity index (χ4v) is 4.82. The molecule has 1 atom stereocenters. The van der Waals surface area contributed by atoms with E-state index in [9.17, 15) is 14.4 Å². The molecule has 1 unspecified atom stereocenters. The molecular formula is C28H27N3O3. The molecule has 34 heavy (non-hydrogen) atoms. The summed E-state index contributed by atoms with van der Waals surface area (Å²) in [5.74, 6) is -0.262. The largest absolute Gasteiger partial charge is 0.348 e. The number of rotatable bonds is 5. The van der Waals surface area contributed by atoms with E-state index in [1.165, 1.54) is 0 Å². The Balaban J connectivity index is 1.33. The summed E-state index contributed by atoms with van der Waals surface area (Å²) in [7, 11) is 0. The fraction of sp³-hybridized carbons (Fsp3) is 0.250. The number of benzene rings is 3. The summed E-state index contributed by atoms with van der Waals surface area (Å²) >= 11 is 0. The Hall–Kier alpha value is -3.93. The summed E-state index contributed by atoms with van der Waals surface area (Å²) < 4.78 is 0. The van der Waals surface area contributed by atoms with Crippen LogP contribution in [0, 0.1) is 6.92 Å². The molecule has 1 N–H and O–H groups in total. The van der Waals surface area contributed by atoms with Crippen LogP contribution < -0.4 is 10.2 Å². The second-order valence-electron chi connectivity index (χ2n) is 8.97. The van der Waals surface area contributed by atoms with E-state index in [0.717, 1.165) is 23.1 Å². The number of carbonyl (C=O) groups is 3. The minimum Gasteiger partial charge on any atom is -0.348 e. The number of amides is 3. The molecule has 0 aliphatic carbocycles. The van der Waals surface area contributed by atoms with Crippen molar-refractivity contribution in [3.05, 3.63) is 101 Å². The molecule has 0 radical (unpaired) electrons. The normalized spacial score (nSPS) is 17.3. The Labute approximate surface area is 199 Å². The van der Waals surface area contributed by atoms with Crippen molar-refractivity contribution >= 4 is 23.4 Å². The van der Waals surface area contributed by atoms with Crippen molar-refractivity contribution in [2.75, 3.05) is 11.4 Å². The molecule has 1 saturated heterocycles. The lowest BCUT2D eigenvalue weighted by Gasteiger charge is -2.26. The highest BCUT2D eigenvalue weighted by Crippen LogP contribution is 2.33. The second-order valence-corrected chi connectivity index (χ2v) is 8.97. The highest BCUT2D eigenvalue weighted by Gasteiger charge is 2.41. The predicted molar refractivity (Wildman–Crippen MR) is 130 cm³/mol. The molecule has 172 valence electrons. The highest BCUT2D eigenvalue weighted by atomic mass is 16.2. The van der Waals surface area contributed by atoms with Crippen molar-refractivity contribution in [2.24, 2.45) is 0 Å². The zero-order valence-electron chi connectivity index (χ0n) is 19.2. The van der Waals surface area contributed by atoms with E-state index in [0.29, 0.717) is 42.9 Å². The van der Waals surface area contributed by atoms with E-state index >= 15 is 0 Å². The molecule has 1 fully saturated rings. The summed E-state index contributed by atoms with van der Waals surface area (Å²) in [5, 5.41) is 2.96. The van der Waals surface area contributed by atoms with Crippen LogP contribution in [0.3, 0.4) is 0 Å². The minimum atomic E-state index is -0.411. The summed E-state index contributed by atoms with van der Waals surface area (Å²) in [6.07, 6.45) is 1.53. The van der Waals surface area contributed by atoms with Crippen molar-refractivity contribution < 1.29 is 14.4 Å². The van der Waals surface area contributed by atoms with Gasteiger partial charge in [-0.3, -0.25) is 14.4 Å². The van der Waals surface area contributed by atoms with Gasteiger partial charge in [0, 0.05) is 18.7 Å². The number of hydrogen-bond donors (Lipinski definition) is 1. The minimum absolute atomic E-state index is 0.0456. The van der Waals surface area contributed by atoms with Crippen molar-refractivity contribution in [1.82, 2.24) is 10.2 Å². The van der Waals surface area contributed by atoms with Crippen LogP contribution in [0.2, 0.25) is 0 Å². The van der Waals surface area contributed by atoms with E-state index in [4.69, 9.17) is 0 Å². The second kappa shape index (κ2) is 9.14. The van der Waals surface area contributed by atoms with E-state index in [2.05, 4.69) is 11.4 Å². The number of hydrogen-bond acceptors (Lipinski definition) is 3. The van der Waals surface area contributed by atoms with Gasteiger partial charge < -0.3 is 15.1 Å². The van der Waals surface area contributed by atoms with E-state index in [1.807, 2.05) is 55.5 Å². The summed E-state index contributed by atoms with van der Waals surface area (Å²) in [5.41, 5.74) is 4.88. The van der Waals surface area contributed by atoms with E-state index < -0.39 is 6.04 Å². The van der Waals surface area contributed by atoms with Crippen LogP contribution in [0.5, 0.6) is 0 Å². The monoisotopic (exact) mass is 453 g/mol. The van der Waals surface area contributed by atoms with Crippen LogP contribution >= 0.6 is 0 Å². The van der Waals surface area contributed by atoms with Crippen LogP contribution in [-0.2, 0) is 17.9 Å². The zero-order chi connectivity index (χ0) is 23.7. The first-order valence-electron chi connectivity index (χ1n) is 11.7. The number of anilines is 1. The zero-order valence-corrected chi connectivity index (χ0v) is 19.2. The van der Waals surface area contributed by atoms with Gasteiger partial charge in [-0.15, -0.1) is 0 Å². The molecule has 5 rings (SSSR count). The molecule has 6 nitrogen and oxygen atoms in total. The van der Waals surface area contributed by atoms with Gasteiger partial charge in [-0.2, -0.15) is 0 Å². The topological polar surface area (TPSA) is 69.7 Å². The lowest BCUT2D eigenvalue weighted by atomic mass is 10.1. The van der Waals surface area contributed by atoms with Gasteiger partial charge in [0.05, 0.1) is 17.8 Å². The molecule has 3 amide bonds. The van der Waals surface area contributed by atoms with Gasteiger partial charge in [0.25, 0.3) is 11.8 Å². The van der Waals surface area contributed by atoms with Gasteiger partial charge in [0.15, 0.2) is 0 Å². The molecule has 2 aliphatic rings. The summed E-state index contributed by atoms with van der Waals surface area (Å²) in [6, 6.07) is 22.2. The Morgan fingerprint density at radius 2 is 1.76 bits per heavy atom. The van der Waals surface area contributed by atoms with Crippen molar-refractivity contribution in [3.8, 4) is 0 Å². The van der Waals surface area contributed by atoms with Gasteiger partial charge >= 0.3 is 0 Å². The number of para-hydroxylation sites is 1. The fourth-order valence-electron chi connectivity index (χ4n) is 4.82. The first-order valence-corrected chi connectivity index (χ1v) is 11.7. The van der Waals surface area contributed by atoms with Gasteiger partial charge in [-0.25, -0.2) is 0 Å². The van der Waals surface area contributed by atoms with Crippen molar-refractivity contribution in [1.29, 1.82) is 0 Å². The van der Waals surface area contributed by atoms with Crippen molar-refractivity contribution in [2.45, 2.75) is 38.9 Å². The third-order valence-corrected chi connectivity index (χ3v) is 6.58. The molecule has 3 aromatic carbocycles. The van der Waals surface area contributed by atoms with Crippen LogP contribution in [0.1, 0.15) is 50.2 Å². The third kappa shape index (κ3) is 4.19. The lowest BCUT2D eigenvalue weighted by Crippen LogP contribution is -2.44. The number of aryl methyl sites for hydroxylation is 1. The van der Waals surface area contributed by atoms with Crippen molar-refractivity contribution in [3.63, 3.8) is 0 Å². The van der Waals surface area contributed by atoms with Gasteiger partial charge in [0.1, 0.15) is 6.04 Å². The number of fused-ring (bicyclic) bond motifs is 2. The van der Waals surface area contributed by atoms with Crippen LogP contribution in [-0.4, -0.2) is 35.2 Å². The number of carbonyl (C=O) groups excluding carboxylic acids is 3. The Kier molecular flexibility index (Phi) is 5.88. The molecule has 6 heteroatoms. The smallest absolute Gasteiger partial charge is 0.256 e. The molecule has 0 aromatic heterocycles. The van der Waals surface area contributed by atoms with Gasteiger partial charge in [0.2, 0.25) is 5.91 Å². The maximum Gasteiger partial charge on any atom is 0.256 e. The van der Waals surface area contributed by atoms with Crippen LogP contribution in [0.4, 0.5) is 5.69 Å². The summed E-state index contributed by atoms with van der Waals surface area (Å²) in [4.78, 5) is 42.5. The quantitative estimate of drug-likeness (QED) is 0.633. The predicted octanol–water partition coefficient (Wildman–Crippen LogP) is 4.08. The molecule has 0 bridgehead atoms. The number of nitrogens with one attached hydrogen (secondary N) is 1. The SMILES string of the molecule is Cc1cccc(CNC(=O)c2ccc(CN3C(=O)C4CCCN4C(=O)c4ccccc43)cc2)c1. The van der Waals surface area contributed by atoms with E-state index in [-0.39, 0.29) is 17.7 Å². The van der Waals surface area contributed by atoms with Gasteiger partial charge in [-0.05, 0) is 55.2 Å². The van der Waals surface area contributed by atoms with Gasteiger partial charge in [-0.1, -0.05) is 54.1 Å². The maximum atomic E-state index is 13.4. The molecular weight excluding hydrogens is 426 g/mol. The first kappa shape index (κ1) is 21.9. The molecule has 2 aliphatic heterocycles. The Bertz CT molecular complexity index is 1250. The highest BCUT2D eigenvalue weighted by molar-refractivity contribution is 6.11. The average Bonchev–Trinajstić information content (AvgIpc) is 3.33. The van der Waals surface area contributed by atoms with E-state index in [1.54, 1.807) is 28.0 Å². The Morgan fingerprint density at radius 3 is 2.56 bits per heavy atom. The number of nitrogens with zero attached hydrogens (tertiary/aromatic N) is 2. The average molecular weight is 454 g/mol. The first-order chi connectivity index (χ1) is 16.5. The van der Waals surface area contributed by atoms with Crippen LogP contribution in [0.15, 0.2) is 72.8 Å². The Morgan fingerprint density at radius 1 is 0.971 bits per heavy atom.